The first-order chi connectivity index (χ1) is 15.0. The highest BCUT2D eigenvalue weighted by Crippen LogP contribution is 2.40. The van der Waals surface area contributed by atoms with Gasteiger partial charge >= 0.3 is 0 Å². The van der Waals surface area contributed by atoms with Crippen molar-refractivity contribution in [2.24, 2.45) is 0 Å². The highest BCUT2D eigenvalue weighted by atomic mass is 35.5. The molecule has 1 aromatic carbocycles. The Balaban J connectivity index is 1.41. The Morgan fingerprint density at radius 2 is 1.71 bits per heavy atom. The molecule has 166 valence electrons. The number of nitrogens with zero attached hydrogens (tertiary/aromatic N) is 3. The van der Waals surface area contributed by atoms with Gasteiger partial charge in [-0.1, -0.05) is 49.4 Å². The van der Waals surface area contributed by atoms with Crippen LogP contribution in [0.3, 0.4) is 0 Å². The molecule has 0 radical (unpaired) electrons. The van der Waals surface area contributed by atoms with E-state index in [0.717, 1.165) is 63.0 Å². The number of anilines is 2. The lowest BCUT2D eigenvalue weighted by atomic mass is 9.79. The minimum Gasteiger partial charge on any atom is -0.361 e. The second-order valence-corrected chi connectivity index (χ2v) is 9.37. The van der Waals surface area contributed by atoms with Gasteiger partial charge in [0, 0.05) is 31.1 Å². The van der Waals surface area contributed by atoms with Crippen LogP contribution in [-0.4, -0.2) is 34.7 Å². The predicted octanol–water partition coefficient (Wildman–Crippen LogP) is 5.45. The largest absolute Gasteiger partial charge is 0.361 e. The predicted molar refractivity (Wildman–Crippen MR) is 128 cm³/mol. The number of hydrogen-bond acceptors (Lipinski definition) is 4. The van der Waals surface area contributed by atoms with Gasteiger partial charge in [-0.15, -0.1) is 0 Å². The fraction of sp³-hybridized carbons (Fsp3) is 0.522. The van der Waals surface area contributed by atoms with Crippen molar-refractivity contribution < 1.29 is 4.39 Å². The van der Waals surface area contributed by atoms with E-state index in [4.69, 9.17) is 23.8 Å². The van der Waals surface area contributed by atoms with Crippen molar-refractivity contribution in [2.75, 3.05) is 29.9 Å². The van der Waals surface area contributed by atoms with Gasteiger partial charge < -0.3 is 15.5 Å². The van der Waals surface area contributed by atoms with Gasteiger partial charge in [-0.05, 0) is 55.6 Å². The van der Waals surface area contributed by atoms with E-state index in [1.165, 1.54) is 25.0 Å². The van der Waals surface area contributed by atoms with E-state index >= 15 is 0 Å². The standard InChI is InChI=1S/C23H29ClFN5S/c24-19-15-20(30-13-5-1-2-6-14-30)28-21(27-19)29-22(31)26-16-23(11-3-4-12-23)17-7-9-18(25)10-8-17/h7-10,15H,1-6,11-14,16H2,(H2,26,27,28,29,31). The number of aromatic nitrogens is 2. The first-order valence-electron chi connectivity index (χ1n) is 11.1. The zero-order valence-corrected chi connectivity index (χ0v) is 19.2. The van der Waals surface area contributed by atoms with Crippen LogP contribution in [0.4, 0.5) is 16.2 Å². The molecule has 0 spiro atoms. The second-order valence-electron chi connectivity index (χ2n) is 8.58. The van der Waals surface area contributed by atoms with Gasteiger partial charge in [0.1, 0.15) is 16.8 Å². The molecular formula is C23H29ClFN5S. The number of halogens is 2. The van der Waals surface area contributed by atoms with E-state index in [1.54, 1.807) is 0 Å². The van der Waals surface area contributed by atoms with Crippen LogP contribution in [0.15, 0.2) is 30.3 Å². The third-order valence-electron chi connectivity index (χ3n) is 6.44. The molecule has 1 aromatic heterocycles. The zero-order valence-electron chi connectivity index (χ0n) is 17.7. The molecule has 0 bridgehead atoms. The van der Waals surface area contributed by atoms with Gasteiger partial charge in [-0.3, -0.25) is 0 Å². The van der Waals surface area contributed by atoms with Gasteiger partial charge in [0.15, 0.2) is 5.11 Å². The second kappa shape index (κ2) is 10.1. The van der Waals surface area contributed by atoms with E-state index in [0.29, 0.717) is 22.8 Å². The summed E-state index contributed by atoms with van der Waals surface area (Å²) in [4.78, 5) is 11.2. The number of nitrogens with one attached hydrogen (secondary N) is 2. The molecule has 0 amide bonds. The summed E-state index contributed by atoms with van der Waals surface area (Å²) in [5.74, 6) is 1.04. The Morgan fingerprint density at radius 3 is 2.39 bits per heavy atom. The maximum absolute atomic E-state index is 13.4. The smallest absolute Gasteiger partial charge is 0.232 e. The molecule has 2 fully saturated rings. The molecule has 1 aliphatic heterocycles. The average molecular weight is 462 g/mol. The molecule has 1 aliphatic carbocycles. The topological polar surface area (TPSA) is 53.1 Å². The van der Waals surface area contributed by atoms with Crippen molar-refractivity contribution in [2.45, 2.75) is 56.8 Å². The molecule has 31 heavy (non-hydrogen) atoms. The van der Waals surface area contributed by atoms with Gasteiger partial charge in [0.25, 0.3) is 0 Å². The quantitative estimate of drug-likeness (QED) is 0.456. The Kier molecular flexibility index (Phi) is 7.23. The van der Waals surface area contributed by atoms with Crippen LogP contribution in [0.5, 0.6) is 0 Å². The fourth-order valence-electron chi connectivity index (χ4n) is 4.74. The number of benzene rings is 1. The SMILES string of the molecule is Fc1ccc(C2(CNC(=S)Nc3nc(Cl)cc(N4CCCCCC4)n3)CCCC2)cc1. The van der Waals surface area contributed by atoms with E-state index in [-0.39, 0.29) is 11.2 Å². The van der Waals surface area contributed by atoms with Gasteiger partial charge in [0.2, 0.25) is 5.95 Å². The number of rotatable bonds is 5. The highest BCUT2D eigenvalue weighted by molar-refractivity contribution is 7.80. The van der Waals surface area contributed by atoms with Crippen LogP contribution >= 0.6 is 23.8 Å². The molecule has 0 atom stereocenters. The van der Waals surface area contributed by atoms with Crippen LogP contribution in [0.25, 0.3) is 0 Å². The Bertz CT molecular complexity index is 893. The van der Waals surface area contributed by atoms with Crippen molar-refractivity contribution in [3.63, 3.8) is 0 Å². The van der Waals surface area contributed by atoms with Gasteiger partial charge in [-0.2, -0.15) is 4.98 Å². The normalized spacial score (nSPS) is 18.5. The summed E-state index contributed by atoms with van der Waals surface area (Å²) in [5.41, 5.74) is 1.12. The first kappa shape index (κ1) is 22.2. The molecule has 0 unspecified atom stereocenters. The molecule has 2 heterocycles. The van der Waals surface area contributed by atoms with E-state index in [9.17, 15) is 4.39 Å². The summed E-state index contributed by atoms with van der Waals surface area (Å²) in [7, 11) is 0. The lowest BCUT2D eigenvalue weighted by Gasteiger charge is -2.30. The molecule has 5 nitrogen and oxygen atoms in total. The van der Waals surface area contributed by atoms with Gasteiger partial charge in [-0.25, -0.2) is 9.37 Å². The molecule has 1 saturated heterocycles. The fourth-order valence-corrected chi connectivity index (χ4v) is 5.08. The molecule has 2 N–H and O–H groups in total. The third kappa shape index (κ3) is 5.63. The summed E-state index contributed by atoms with van der Waals surface area (Å²) in [6, 6.07) is 8.68. The maximum Gasteiger partial charge on any atom is 0.232 e. The van der Waals surface area contributed by atoms with E-state index in [2.05, 4.69) is 25.5 Å². The molecule has 1 saturated carbocycles. The molecule has 4 rings (SSSR count). The van der Waals surface area contributed by atoms with Crippen molar-refractivity contribution >= 4 is 40.7 Å². The summed E-state index contributed by atoms with van der Waals surface area (Å²) in [6.45, 7) is 2.65. The average Bonchev–Trinajstić information content (AvgIpc) is 3.07. The minimum atomic E-state index is -0.208. The van der Waals surface area contributed by atoms with Crippen molar-refractivity contribution in [3.8, 4) is 0 Å². The molecular weight excluding hydrogens is 433 g/mol. The van der Waals surface area contributed by atoms with Crippen LogP contribution in [0.2, 0.25) is 5.15 Å². The van der Waals surface area contributed by atoms with Crippen LogP contribution in [0, 0.1) is 5.82 Å². The summed E-state index contributed by atoms with van der Waals surface area (Å²) in [5, 5.41) is 7.32. The molecule has 2 aromatic rings. The summed E-state index contributed by atoms with van der Waals surface area (Å²) < 4.78 is 13.4. The van der Waals surface area contributed by atoms with Crippen molar-refractivity contribution in [1.82, 2.24) is 15.3 Å². The monoisotopic (exact) mass is 461 g/mol. The highest BCUT2D eigenvalue weighted by Gasteiger charge is 2.35. The summed E-state index contributed by atoms with van der Waals surface area (Å²) >= 11 is 11.8. The van der Waals surface area contributed by atoms with Gasteiger partial charge in [0.05, 0.1) is 0 Å². The van der Waals surface area contributed by atoms with Crippen molar-refractivity contribution in [1.29, 1.82) is 0 Å². The maximum atomic E-state index is 13.4. The van der Waals surface area contributed by atoms with Crippen LogP contribution < -0.4 is 15.5 Å². The minimum absolute atomic E-state index is 0.0359. The number of hydrogen-bond donors (Lipinski definition) is 2. The van der Waals surface area contributed by atoms with E-state index in [1.807, 2.05) is 18.2 Å². The molecule has 8 heteroatoms. The van der Waals surface area contributed by atoms with Crippen LogP contribution in [-0.2, 0) is 5.41 Å². The third-order valence-corrected chi connectivity index (χ3v) is 6.88. The van der Waals surface area contributed by atoms with Crippen molar-refractivity contribution in [3.05, 3.63) is 46.9 Å². The first-order valence-corrected chi connectivity index (χ1v) is 11.9. The Labute approximate surface area is 193 Å². The van der Waals surface area contributed by atoms with E-state index < -0.39 is 0 Å². The summed E-state index contributed by atoms with van der Waals surface area (Å²) in [6.07, 6.45) is 9.27. The Morgan fingerprint density at radius 1 is 1.03 bits per heavy atom. The number of thiocarbonyl (C=S) groups is 1. The zero-order chi connectivity index (χ0) is 21.7. The van der Waals surface area contributed by atoms with Crippen LogP contribution in [0.1, 0.15) is 56.9 Å². The molecule has 2 aliphatic rings. The Hall–Kier alpha value is -1.99. The lowest BCUT2D eigenvalue weighted by molar-refractivity contribution is 0.434. The lowest BCUT2D eigenvalue weighted by Crippen LogP contribution is -2.41.